The minimum atomic E-state index is 0.659. The van der Waals surface area contributed by atoms with Gasteiger partial charge in [0.2, 0.25) is 0 Å². The van der Waals surface area contributed by atoms with E-state index in [4.69, 9.17) is 0 Å². The minimum Gasteiger partial charge on any atom is -0.340 e. The second-order valence-corrected chi connectivity index (χ2v) is 9.36. The van der Waals surface area contributed by atoms with E-state index in [9.17, 15) is 0 Å². The van der Waals surface area contributed by atoms with Crippen molar-refractivity contribution < 1.29 is 0 Å². The van der Waals surface area contributed by atoms with Crippen LogP contribution in [-0.2, 0) is 13.0 Å². The molecule has 1 unspecified atom stereocenters. The van der Waals surface area contributed by atoms with Gasteiger partial charge in [0.05, 0.1) is 0 Å². The van der Waals surface area contributed by atoms with E-state index >= 15 is 0 Å². The fraction of sp³-hybridized carbons (Fsp3) is 0.500. The Morgan fingerprint density at radius 3 is 2.67 bits per heavy atom. The van der Waals surface area contributed by atoms with Crippen molar-refractivity contribution in [3.05, 3.63) is 70.9 Å². The van der Waals surface area contributed by atoms with Gasteiger partial charge in [-0.25, -0.2) is 0 Å². The summed E-state index contributed by atoms with van der Waals surface area (Å²) in [5.41, 5.74) is 7.44. The highest BCUT2D eigenvalue weighted by Crippen LogP contribution is 2.40. The van der Waals surface area contributed by atoms with Crippen molar-refractivity contribution in [2.24, 2.45) is 0 Å². The summed E-state index contributed by atoms with van der Waals surface area (Å²) in [7, 11) is 2.33. The third-order valence-electron chi connectivity index (χ3n) is 6.85. The van der Waals surface area contributed by atoms with E-state index in [-0.39, 0.29) is 0 Å². The average molecular weight is 403 g/mol. The first-order valence-corrected chi connectivity index (χ1v) is 12.0. The summed E-state index contributed by atoms with van der Waals surface area (Å²) in [5.74, 6) is 0.659. The van der Waals surface area contributed by atoms with Crippen LogP contribution in [0.4, 0.5) is 0 Å². The summed E-state index contributed by atoms with van der Waals surface area (Å²) in [6, 6.07) is 18.0. The second-order valence-electron chi connectivity index (χ2n) is 9.36. The number of hydrogen-bond acceptors (Lipinski definition) is 1. The van der Waals surface area contributed by atoms with E-state index in [1.54, 1.807) is 11.3 Å². The Morgan fingerprint density at radius 1 is 1.03 bits per heavy atom. The van der Waals surface area contributed by atoms with Crippen molar-refractivity contribution in [1.82, 2.24) is 9.47 Å². The quantitative estimate of drug-likeness (QED) is 0.352. The average Bonchev–Trinajstić information content (AvgIpc) is 3.06. The zero-order valence-electron chi connectivity index (χ0n) is 19.2. The zero-order chi connectivity index (χ0) is 20.9. The maximum absolute atomic E-state index is 2.62. The van der Waals surface area contributed by atoms with E-state index in [2.05, 4.69) is 78.9 Å². The number of benzene rings is 2. The molecule has 1 heterocycles. The fourth-order valence-corrected chi connectivity index (χ4v) is 5.34. The third-order valence-corrected chi connectivity index (χ3v) is 6.85. The van der Waals surface area contributed by atoms with Crippen molar-refractivity contribution in [3.63, 3.8) is 0 Å². The number of rotatable bonds is 9. The number of nitrogens with zero attached hydrogens (tertiary/aromatic N) is 2. The summed E-state index contributed by atoms with van der Waals surface area (Å²) >= 11 is 0. The first kappa shape index (κ1) is 21.2. The molecule has 3 aromatic rings. The molecular formula is C28H38N2. The molecule has 0 spiro atoms. The van der Waals surface area contributed by atoms with Crippen LogP contribution in [0.2, 0.25) is 0 Å². The van der Waals surface area contributed by atoms with Crippen LogP contribution in [0.15, 0.2) is 48.5 Å². The Bertz CT molecular complexity index is 954. The molecule has 0 bridgehead atoms. The SMILES string of the molecule is CCCCCCN(C)CC1CCCc2c1c1cc(C)ccc1n2Cc1ccccc1. The summed E-state index contributed by atoms with van der Waals surface area (Å²) in [6.07, 6.45) is 9.23. The molecule has 2 aromatic carbocycles. The zero-order valence-corrected chi connectivity index (χ0v) is 19.2. The molecule has 1 aliphatic carbocycles. The van der Waals surface area contributed by atoms with Crippen LogP contribution in [0, 0.1) is 6.92 Å². The Kier molecular flexibility index (Phi) is 6.94. The van der Waals surface area contributed by atoms with Gasteiger partial charge < -0.3 is 9.47 Å². The van der Waals surface area contributed by atoms with Crippen LogP contribution in [0.25, 0.3) is 10.9 Å². The van der Waals surface area contributed by atoms with Gasteiger partial charge in [0.15, 0.2) is 0 Å². The first-order valence-electron chi connectivity index (χ1n) is 12.0. The number of likely N-dealkylation sites (N-methyl/N-ethyl adjacent to an activating group) is 1. The van der Waals surface area contributed by atoms with E-state index in [1.165, 1.54) is 80.1 Å². The minimum absolute atomic E-state index is 0.659. The fourth-order valence-electron chi connectivity index (χ4n) is 5.34. The molecule has 0 amide bonds. The van der Waals surface area contributed by atoms with Crippen molar-refractivity contribution in [2.75, 3.05) is 20.1 Å². The molecule has 0 saturated heterocycles. The normalized spacial score (nSPS) is 16.3. The smallest absolute Gasteiger partial charge is 0.0488 e. The molecule has 0 saturated carbocycles. The summed E-state index contributed by atoms with van der Waals surface area (Å²) in [4.78, 5) is 2.59. The molecule has 160 valence electrons. The monoisotopic (exact) mass is 402 g/mol. The lowest BCUT2D eigenvalue weighted by atomic mass is 9.84. The third kappa shape index (κ3) is 4.64. The molecule has 2 heteroatoms. The van der Waals surface area contributed by atoms with Crippen LogP contribution in [-0.4, -0.2) is 29.6 Å². The van der Waals surface area contributed by atoms with E-state index < -0.39 is 0 Å². The van der Waals surface area contributed by atoms with Crippen molar-refractivity contribution in [2.45, 2.75) is 71.3 Å². The molecule has 0 fully saturated rings. The Hall–Kier alpha value is -2.06. The molecule has 1 atom stereocenters. The Morgan fingerprint density at radius 2 is 1.87 bits per heavy atom. The van der Waals surface area contributed by atoms with Crippen LogP contribution in [0.3, 0.4) is 0 Å². The van der Waals surface area contributed by atoms with Crippen LogP contribution in [0.5, 0.6) is 0 Å². The van der Waals surface area contributed by atoms with Crippen LogP contribution >= 0.6 is 0 Å². The molecular weight excluding hydrogens is 364 g/mol. The largest absolute Gasteiger partial charge is 0.340 e. The topological polar surface area (TPSA) is 8.17 Å². The van der Waals surface area contributed by atoms with Crippen molar-refractivity contribution >= 4 is 10.9 Å². The first-order chi connectivity index (χ1) is 14.7. The Balaban J connectivity index is 1.64. The lowest BCUT2D eigenvalue weighted by Crippen LogP contribution is -2.28. The van der Waals surface area contributed by atoms with Gasteiger partial charge in [-0.1, -0.05) is 68.1 Å². The number of aromatic nitrogens is 1. The molecule has 0 N–H and O–H groups in total. The van der Waals surface area contributed by atoms with Gasteiger partial charge in [-0.05, 0) is 75.4 Å². The van der Waals surface area contributed by atoms with E-state index in [1.807, 2.05) is 0 Å². The lowest BCUT2D eigenvalue weighted by Gasteiger charge is -2.29. The Labute approximate surface area is 182 Å². The van der Waals surface area contributed by atoms with E-state index in [0.29, 0.717) is 5.92 Å². The van der Waals surface area contributed by atoms with Gasteiger partial charge in [-0.2, -0.15) is 0 Å². The van der Waals surface area contributed by atoms with Gasteiger partial charge >= 0.3 is 0 Å². The van der Waals surface area contributed by atoms with Gasteiger partial charge in [0, 0.05) is 29.7 Å². The van der Waals surface area contributed by atoms with E-state index in [0.717, 1.165) is 6.54 Å². The number of hydrogen-bond donors (Lipinski definition) is 0. The standard InChI is InChI=1S/C28H38N2/c1-4-5-6-10-18-29(3)21-24-14-11-15-27-28(24)25-19-22(2)16-17-26(25)30(27)20-23-12-8-7-9-13-23/h7-9,12-13,16-17,19,24H,4-6,10-11,14-15,18,20-21H2,1-3H3. The van der Waals surface area contributed by atoms with Gasteiger partial charge in [-0.3, -0.25) is 0 Å². The van der Waals surface area contributed by atoms with Crippen LogP contribution in [0.1, 0.15) is 73.8 Å². The van der Waals surface area contributed by atoms with Gasteiger partial charge in [0.25, 0.3) is 0 Å². The highest BCUT2D eigenvalue weighted by molar-refractivity contribution is 5.87. The summed E-state index contributed by atoms with van der Waals surface area (Å²) in [5, 5.41) is 1.50. The number of aryl methyl sites for hydroxylation is 1. The second kappa shape index (κ2) is 9.83. The predicted octanol–water partition coefficient (Wildman–Crippen LogP) is 6.93. The molecule has 0 aliphatic heterocycles. The van der Waals surface area contributed by atoms with Gasteiger partial charge in [0.1, 0.15) is 0 Å². The molecule has 0 radical (unpaired) electrons. The van der Waals surface area contributed by atoms with Gasteiger partial charge in [-0.15, -0.1) is 0 Å². The molecule has 1 aromatic heterocycles. The maximum Gasteiger partial charge on any atom is 0.0488 e. The predicted molar refractivity (Wildman–Crippen MR) is 130 cm³/mol. The van der Waals surface area contributed by atoms with Crippen molar-refractivity contribution in [3.8, 4) is 0 Å². The molecule has 2 nitrogen and oxygen atoms in total. The highest BCUT2D eigenvalue weighted by atomic mass is 15.1. The van der Waals surface area contributed by atoms with Crippen LogP contribution < -0.4 is 0 Å². The number of fused-ring (bicyclic) bond motifs is 3. The number of unbranched alkanes of at least 4 members (excludes halogenated alkanes) is 3. The summed E-state index contributed by atoms with van der Waals surface area (Å²) in [6.45, 7) is 7.93. The molecule has 30 heavy (non-hydrogen) atoms. The van der Waals surface area contributed by atoms with Crippen molar-refractivity contribution in [1.29, 1.82) is 0 Å². The molecule has 1 aliphatic rings. The lowest BCUT2D eigenvalue weighted by molar-refractivity contribution is 0.290. The highest BCUT2D eigenvalue weighted by Gasteiger charge is 2.28. The molecule has 4 rings (SSSR count). The maximum atomic E-state index is 2.62. The summed E-state index contributed by atoms with van der Waals surface area (Å²) < 4.78 is 2.62.